The van der Waals surface area contributed by atoms with Gasteiger partial charge in [0, 0.05) is 19.6 Å². The van der Waals surface area contributed by atoms with Gasteiger partial charge in [0.05, 0.1) is 0 Å². The number of amides is 2. The number of hydrogen-bond acceptors (Lipinski definition) is 4. The van der Waals surface area contributed by atoms with Crippen molar-refractivity contribution in [3.8, 4) is 0 Å². The highest BCUT2D eigenvalue weighted by atomic mass is 79.9. The van der Waals surface area contributed by atoms with Crippen molar-refractivity contribution in [1.29, 1.82) is 0 Å². The van der Waals surface area contributed by atoms with E-state index in [1.165, 1.54) is 5.56 Å². The van der Waals surface area contributed by atoms with E-state index in [9.17, 15) is 9.59 Å². The lowest BCUT2D eigenvalue weighted by atomic mass is 9.88. The van der Waals surface area contributed by atoms with Crippen LogP contribution >= 0.6 is 15.9 Å². The van der Waals surface area contributed by atoms with E-state index in [0.717, 1.165) is 18.4 Å². The summed E-state index contributed by atoms with van der Waals surface area (Å²) >= 11 is 3.24. The molecule has 156 valence electrons. The zero-order chi connectivity index (χ0) is 21.0. The average molecular weight is 463 g/mol. The van der Waals surface area contributed by atoms with Gasteiger partial charge < -0.3 is 19.4 Å². The van der Waals surface area contributed by atoms with Gasteiger partial charge in [0.2, 0.25) is 0 Å². The van der Waals surface area contributed by atoms with Gasteiger partial charge in [0.15, 0.2) is 10.4 Å². The van der Waals surface area contributed by atoms with E-state index in [1.54, 1.807) is 12.1 Å². The maximum atomic E-state index is 12.5. The molecule has 6 nitrogen and oxygen atoms in total. The molecule has 29 heavy (non-hydrogen) atoms. The molecule has 2 amide bonds. The molecule has 7 heteroatoms. The number of benzene rings is 1. The Balaban J connectivity index is 1.54. The summed E-state index contributed by atoms with van der Waals surface area (Å²) in [5.74, 6) is 0.693. The molecular formula is C22H27BrN2O4. The summed E-state index contributed by atoms with van der Waals surface area (Å²) in [6, 6.07) is 11.7. The van der Waals surface area contributed by atoms with E-state index in [-0.39, 0.29) is 5.91 Å². The second kappa shape index (κ2) is 9.03. The third kappa shape index (κ3) is 6.10. The normalized spacial score (nSPS) is 15.2. The van der Waals surface area contributed by atoms with Crippen LogP contribution in [-0.2, 0) is 11.3 Å². The van der Waals surface area contributed by atoms with Crippen LogP contribution in [0.2, 0.25) is 0 Å². The van der Waals surface area contributed by atoms with E-state index in [1.807, 2.05) is 37.8 Å². The summed E-state index contributed by atoms with van der Waals surface area (Å²) in [5, 5.41) is 2.80. The Morgan fingerprint density at radius 3 is 2.55 bits per heavy atom. The van der Waals surface area contributed by atoms with Crippen molar-refractivity contribution in [2.24, 2.45) is 0 Å². The quantitative estimate of drug-likeness (QED) is 0.686. The molecule has 1 fully saturated rings. The number of nitrogens with one attached hydrogen (secondary N) is 1. The predicted octanol–water partition coefficient (Wildman–Crippen LogP) is 5.09. The van der Waals surface area contributed by atoms with Gasteiger partial charge in [-0.05, 0) is 78.7 Å². The van der Waals surface area contributed by atoms with Gasteiger partial charge in [-0.25, -0.2) is 4.79 Å². The van der Waals surface area contributed by atoms with Crippen LogP contribution < -0.4 is 5.32 Å². The maximum Gasteiger partial charge on any atom is 0.407 e. The van der Waals surface area contributed by atoms with Crippen LogP contribution in [0, 0.1) is 0 Å². The minimum absolute atomic E-state index is 0.0653. The zero-order valence-corrected chi connectivity index (χ0v) is 18.6. The molecule has 1 aromatic carbocycles. The minimum Gasteiger partial charge on any atom is -0.444 e. The summed E-state index contributed by atoms with van der Waals surface area (Å²) in [7, 11) is 0. The zero-order valence-electron chi connectivity index (χ0n) is 17.0. The number of likely N-dealkylation sites (tertiary alicyclic amines) is 1. The van der Waals surface area contributed by atoms with Gasteiger partial charge in [-0.3, -0.25) is 4.79 Å². The molecule has 0 aliphatic carbocycles. The Hall–Kier alpha value is -2.28. The number of carbonyl (C=O) groups is 2. The number of rotatable bonds is 4. The molecule has 0 atom stereocenters. The Bertz CT molecular complexity index is 864. The highest BCUT2D eigenvalue weighted by Crippen LogP contribution is 2.29. The van der Waals surface area contributed by atoms with Gasteiger partial charge in [-0.2, -0.15) is 0 Å². The van der Waals surface area contributed by atoms with Gasteiger partial charge >= 0.3 is 6.09 Å². The van der Waals surface area contributed by atoms with Crippen LogP contribution in [0.5, 0.6) is 0 Å². The van der Waals surface area contributed by atoms with Crippen molar-refractivity contribution in [3.63, 3.8) is 0 Å². The largest absolute Gasteiger partial charge is 0.444 e. The van der Waals surface area contributed by atoms with Crippen LogP contribution in [0.15, 0.2) is 45.5 Å². The Morgan fingerprint density at radius 1 is 1.21 bits per heavy atom. The molecule has 2 aromatic rings. The number of halogens is 1. The average Bonchev–Trinajstić information content (AvgIpc) is 3.11. The number of hydrogen-bond donors (Lipinski definition) is 1. The molecule has 1 saturated heterocycles. The summed E-state index contributed by atoms with van der Waals surface area (Å²) in [6.07, 6.45) is 1.38. The molecular weight excluding hydrogens is 436 g/mol. The predicted molar refractivity (Wildman–Crippen MR) is 114 cm³/mol. The minimum atomic E-state index is -0.511. The Labute approximate surface area is 179 Å². The van der Waals surface area contributed by atoms with Crippen LogP contribution in [0.3, 0.4) is 0 Å². The van der Waals surface area contributed by atoms with E-state index in [4.69, 9.17) is 9.15 Å². The number of piperidine rings is 1. The van der Waals surface area contributed by atoms with Crippen molar-refractivity contribution >= 4 is 27.9 Å². The number of carbonyl (C=O) groups excluding carboxylic acids is 2. The molecule has 0 saturated carbocycles. The lowest BCUT2D eigenvalue weighted by Gasteiger charge is -2.32. The first-order valence-electron chi connectivity index (χ1n) is 9.81. The molecule has 1 N–H and O–H groups in total. The van der Waals surface area contributed by atoms with Crippen molar-refractivity contribution in [3.05, 3.63) is 58.0 Å². The molecule has 1 aliphatic rings. The fourth-order valence-corrected chi connectivity index (χ4v) is 3.75. The van der Waals surface area contributed by atoms with Crippen molar-refractivity contribution in [2.45, 2.75) is 51.7 Å². The van der Waals surface area contributed by atoms with Gasteiger partial charge in [0.1, 0.15) is 5.60 Å². The third-order valence-electron chi connectivity index (χ3n) is 4.82. The van der Waals surface area contributed by atoms with Crippen molar-refractivity contribution < 1.29 is 18.7 Å². The third-order valence-corrected chi connectivity index (χ3v) is 5.25. The molecule has 0 unspecified atom stereocenters. The summed E-state index contributed by atoms with van der Waals surface area (Å²) in [4.78, 5) is 26.2. The van der Waals surface area contributed by atoms with Crippen LogP contribution in [0.25, 0.3) is 0 Å². The summed E-state index contributed by atoms with van der Waals surface area (Å²) < 4.78 is 11.2. The Morgan fingerprint density at radius 2 is 1.93 bits per heavy atom. The molecule has 3 rings (SSSR count). The highest BCUT2D eigenvalue weighted by molar-refractivity contribution is 9.10. The van der Waals surface area contributed by atoms with Crippen LogP contribution in [0.4, 0.5) is 4.79 Å². The fraction of sp³-hybridized carbons (Fsp3) is 0.455. The Kier molecular flexibility index (Phi) is 6.67. The van der Waals surface area contributed by atoms with Gasteiger partial charge in [0.25, 0.3) is 5.91 Å². The van der Waals surface area contributed by atoms with E-state index in [0.29, 0.717) is 36.0 Å². The van der Waals surface area contributed by atoms with E-state index < -0.39 is 11.7 Å². The molecule has 1 aliphatic heterocycles. The smallest absolute Gasteiger partial charge is 0.407 e. The first kappa shape index (κ1) is 21.4. The lowest BCUT2D eigenvalue weighted by Crippen LogP contribution is -2.37. The number of ether oxygens (including phenoxy) is 1. The summed E-state index contributed by atoms with van der Waals surface area (Å²) in [5.41, 5.74) is 1.76. The van der Waals surface area contributed by atoms with Gasteiger partial charge in [-0.1, -0.05) is 24.3 Å². The first-order valence-corrected chi connectivity index (χ1v) is 10.6. The molecule has 0 radical (unpaired) electrons. The maximum absolute atomic E-state index is 12.5. The number of nitrogens with zero attached hydrogens (tertiary/aromatic N) is 1. The highest BCUT2D eigenvalue weighted by Gasteiger charge is 2.26. The van der Waals surface area contributed by atoms with Crippen LogP contribution in [0.1, 0.15) is 61.2 Å². The standard InChI is InChI=1S/C22H27BrN2O4/c1-22(2,3)29-21(27)24-14-15-5-4-6-17(13-15)16-9-11-25(12-10-16)20(26)18-7-8-19(23)28-18/h4-8,13,16H,9-12,14H2,1-3H3,(H,24,27). The first-order chi connectivity index (χ1) is 13.7. The van der Waals surface area contributed by atoms with Crippen molar-refractivity contribution in [2.75, 3.05) is 13.1 Å². The second-order valence-electron chi connectivity index (χ2n) is 8.27. The monoisotopic (exact) mass is 462 g/mol. The molecule has 1 aromatic heterocycles. The molecule has 2 heterocycles. The number of alkyl carbamates (subject to hydrolysis) is 1. The van der Waals surface area contributed by atoms with Crippen molar-refractivity contribution in [1.82, 2.24) is 10.2 Å². The summed E-state index contributed by atoms with van der Waals surface area (Å²) in [6.45, 7) is 7.34. The fourth-order valence-electron chi connectivity index (χ4n) is 3.45. The second-order valence-corrected chi connectivity index (χ2v) is 9.05. The lowest BCUT2D eigenvalue weighted by molar-refractivity contribution is 0.0523. The number of furan rings is 1. The molecule has 0 spiro atoms. The molecule has 0 bridgehead atoms. The SMILES string of the molecule is CC(C)(C)OC(=O)NCc1cccc(C2CCN(C(=O)c3ccc(Br)o3)CC2)c1. The van der Waals surface area contributed by atoms with E-state index in [2.05, 4.69) is 33.4 Å². The van der Waals surface area contributed by atoms with E-state index >= 15 is 0 Å². The van der Waals surface area contributed by atoms with Crippen LogP contribution in [-0.4, -0.2) is 35.6 Å². The van der Waals surface area contributed by atoms with Gasteiger partial charge in [-0.15, -0.1) is 0 Å². The topological polar surface area (TPSA) is 71.8 Å².